The number of hydrogen-bond acceptors (Lipinski definition) is 5. The van der Waals surface area contributed by atoms with Crippen molar-refractivity contribution in [3.05, 3.63) is 77.1 Å². The predicted molar refractivity (Wildman–Crippen MR) is 110 cm³/mol. The van der Waals surface area contributed by atoms with E-state index in [4.69, 9.17) is 14.2 Å². The molecule has 0 fully saturated rings. The number of rotatable bonds is 2. The Morgan fingerprint density at radius 1 is 0.967 bits per heavy atom. The summed E-state index contributed by atoms with van der Waals surface area (Å²) in [4.78, 5) is 20.3. The highest BCUT2D eigenvalue weighted by molar-refractivity contribution is 6.11. The highest BCUT2D eigenvalue weighted by Crippen LogP contribution is 2.54. The molecule has 0 saturated carbocycles. The fourth-order valence-corrected chi connectivity index (χ4v) is 4.70. The number of aromatic nitrogens is 1. The number of fused-ring (bicyclic) bond motifs is 5. The molecule has 3 aromatic rings. The van der Waals surface area contributed by atoms with Crippen LogP contribution in [0.15, 0.2) is 54.7 Å². The van der Waals surface area contributed by atoms with Gasteiger partial charge >= 0.3 is 0 Å². The fraction of sp³-hybridized carbons (Fsp3) is 0.250. The summed E-state index contributed by atoms with van der Waals surface area (Å²) in [5.41, 5.74) is 3.76. The Labute approximate surface area is 174 Å². The summed E-state index contributed by atoms with van der Waals surface area (Å²) in [5.74, 6) is 2.01. The van der Waals surface area contributed by atoms with Gasteiger partial charge in [-0.2, -0.15) is 0 Å². The summed E-state index contributed by atoms with van der Waals surface area (Å²) in [6, 6.07) is 15.6. The van der Waals surface area contributed by atoms with Crippen molar-refractivity contribution in [3.63, 3.8) is 0 Å². The first kappa shape index (κ1) is 17.3. The number of anilines is 1. The van der Waals surface area contributed by atoms with Gasteiger partial charge in [0.2, 0.25) is 5.91 Å². The first-order chi connectivity index (χ1) is 14.7. The summed E-state index contributed by atoms with van der Waals surface area (Å²) in [5, 5.41) is 0. The smallest absolute Gasteiger partial charge is 0.246 e. The standard InChI is InChI=1S/C24H20N2O4/c1-15-5-4-8-25-18(15)13-26-19-7-3-2-6-16(19)24(23(26)27)14-30-20-12-22-21(11-17(20)24)28-9-10-29-22/h2-8,11-12H,9-10,13-14H2,1H3/t24-/m1/s1. The van der Waals surface area contributed by atoms with Gasteiger partial charge in [0.05, 0.1) is 12.2 Å². The van der Waals surface area contributed by atoms with E-state index in [1.54, 1.807) is 6.20 Å². The van der Waals surface area contributed by atoms with Gasteiger partial charge in [-0.1, -0.05) is 24.3 Å². The Morgan fingerprint density at radius 3 is 2.60 bits per heavy atom. The van der Waals surface area contributed by atoms with Crippen LogP contribution in [0.3, 0.4) is 0 Å². The van der Waals surface area contributed by atoms with E-state index in [0.29, 0.717) is 37.0 Å². The lowest BCUT2D eigenvalue weighted by Crippen LogP contribution is -2.42. The van der Waals surface area contributed by atoms with Crippen LogP contribution in [0.2, 0.25) is 0 Å². The van der Waals surface area contributed by atoms with Crippen molar-refractivity contribution in [1.29, 1.82) is 0 Å². The molecule has 150 valence electrons. The Morgan fingerprint density at radius 2 is 1.77 bits per heavy atom. The van der Waals surface area contributed by atoms with Crippen molar-refractivity contribution in [1.82, 2.24) is 4.98 Å². The normalized spacial score (nSPS) is 20.8. The molecule has 0 radical (unpaired) electrons. The molecule has 0 bridgehead atoms. The Hall–Kier alpha value is -3.54. The second-order valence-corrected chi connectivity index (χ2v) is 7.86. The highest BCUT2D eigenvalue weighted by Gasteiger charge is 2.57. The average Bonchev–Trinajstić information content (AvgIpc) is 3.26. The second-order valence-electron chi connectivity index (χ2n) is 7.86. The minimum Gasteiger partial charge on any atom is -0.491 e. The van der Waals surface area contributed by atoms with Crippen molar-refractivity contribution in [2.75, 3.05) is 24.7 Å². The van der Waals surface area contributed by atoms with Crippen LogP contribution in [0.4, 0.5) is 5.69 Å². The van der Waals surface area contributed by atoms with Gasteiger partial charge in [-0.15, -0.1) is 0 Å². The first-order valence-corrected chi connectivity index (χ1v) is 10.1. The minimum absolute atomic E-state index is 0.00387. The maximum Gasteiger partial charge on any atom is 0.246 e. The third-order valence-corrected chi connectivity index (χ3v) is 6.24. The molecule has 3 aliphatic heterocycles. The summed E-state index contributed by atoms with van der Waals surface area (Å²) >= 11 is 0. The van der Waals surface area contributed by atoms with E-state index in [0.717, 1.165) is 28.1 Å². The van der Waals surface area contributed by atoms with E-state index in [1.807, 2.05) is 60.4 Å². The van der Waals surface area contributed by atoms with Crippen molar-refractivity contribution in [3.8, 4) is 17.2 Å². The van der Waals surface area contributed by atoms with Gasteiger partial charge in [-0.3, -0.25) is 9.78 Å². The van der Waals surface area contributed by atoms with Gasteiger partial charge in [0.25, 0.3) is 0 Å². The van der Waals surface area contributed by atoms with Crippen molar-refractivity contribution < 1.29 is 19.0 Å². The van der Waals surface area contributed by atoms with Crippen LogP contribution in [0.1, 0.15) is 22.4 Å². The van der Waals surface area contributed by atoms with Gasteiger partial charge in [-0.05, 0) is 36.2 Å². The number of nitrogens with zero attached hydrogens (tertiary/aromatic N) is 2. The number of hydrogen-bond donors (Lipinski definition) is 0. The quantitative estimate of drug-likeness (QED) is 0.660. The number of carbonyl (C=O) groups is 1. The van der Waals surface area contributed by atoms with E-state index >= 15 is 0 Å². The van der Waals surface area contributed by atoms with E-state index in [2.05, 4.69) is 4.98 Å². The Bertz CT molecular complexity index is 1190. The number of carbonyl (C=O) groups excluding carboxylic acids is 1. The molecule has 0 unspecified atom stereocenters. The van der Waals surface area contributed by atoms with Crippen LogP contribution in [-0.2, 0) is 16.8 Å². The van der Waals surface area contributed by atoms with E-state index in [9.17, 15) is 4.79 Å². The number of pyridine rings is 1. The molecule has 1 aromatic heterocycles. The second kappa shape index (κ2) is 6.23. The Kier molecular flexibility index (Phi) is 3.60. The van der Waals surface area contributed by atoms with E-state index < -0.39 is 5.41 Å². The molecule has 0 aliphatic carbocycles. The molecule has 1 spiro atoms. The zero-order valence-corrected chi connectivity index (χ0v) is 16.6. The number of ether oxygens (including phenoxy) is 3. The summed E-state index contributed by atoms with van der Waals surface area (Å²) in [6.45, 7) is 3.70. The van der Waals surface area contributed by atoms with Crippen LogP contribution < -0.4 is 19.1 Å². The maximum atomic E-state index is 14.0. The number of amides is 1. The van der Waals surface area contributed by atoms with Crippen LogP contribution in [0.25, 0.3) is 0 Å². The molecule has 3 aliphatic rings. The summed E-state index contributed by atoms with van der Waals surface area (Å²) in [6.07, 6.45) is 1.77. The molecule has 2 aromatic carbocycles. The molecule has 6 nitrogen and oxygen atoms in total. The summed E-state index contributed by atoms with van der Waals surface area (Å²) < 4.78 is 17.6. The molecule has 1 atom stereocenters. The molecule has 6 heteroatoms. The molecular formula is C24H20N2O4. The van der Waals surface area contributed by atoms with Gasteiger partial charge in [0.1, 0.15) is 31.0 Å². The van der Waals surface area contributed by atoms with Crippen LogP contribution >= 0.6 is 0 Å². The molecule has 30 heavy (non-hydrogen) atoms. The zero-order valence-electron chi connectivity index (χ0n) is 16.6. The largest absolute Gasteiger partial charge is 0.491 e. The molecule has 4 heterocycles. The lowest BCUT2D eigenvalue weighted by molar-refractivity contribution is -0.122. The van der Waals surface area contributed by atoms with Crippen LogP contribution in [0.5, 0.6) is 17.2 Å². The average molecular weight is 400 g/mol. The van der Waals surface area contributed by atoms with E-state index in [1.165, 1.54) is 0 Å². The van der Waals surface area contributed by atoms with Gasteiger partial charge < -0.3 is 19.1 Å². The van der Waals surface area contributed by atoms with Gasteiger partial charge in [0, 0.05) is 23.5 Å². The lowest BCUT2D eigenvalue weighted by Gasteiger charge is -2.24. The fourth-order valence-electron chi connectivity index (χ4n) is 4.70. The topological polar surface area (TPSA) is 60.9 Å². The molecule has 6 rings (SSSR count). The SMILES string of the molecule is Cc1cccnc1CN1C(=O)[C@]2(COc3cc4c(cc32)OCCO4)c2ccccc21. The first-order valence-electron chi connectivity index (χ1n) is 10.1. The maximum absolute atomic E-state index is 14.0. The minimum atomic E-state index is -0.884. The summed E-state index contributed by atoms with van der Waals surface area (Å²) in [7, 11) is 0. The van der Waals surface area contributed by atoms with E-state index in [-0.39, 0.29) is 12.5 Å². The molecule has 0 N–H and O–H groups in total. The lowest BCUT2D eigenvalue weighted by atomic mass is 9.77. The monoisotopic (exact) mass is 400 g/mol. The van der Waals surface area contributed by atoms with Crippen LogP contribution in [0, 0.1) is 6.92 Å². The van der Waals surface area contributed by atoms with Crippen LogP contribution in [-0.4, -0.2) is 30.7 Å². The molecule has 1 amide bonds. The Balaban J connectivity index is 1.50. The number of aryl methyl sites for hydroxylation is 1. The highest BCUT2D eigenvalue weighted by atomic mass is 16.6. The van der Waals surface area contributed by atoms with Crippen molar-refractivity contribution >= 4 is 11.6 Å². The van der Waals surface area contributed by atoms with Gasteiger partial charge in [-0.25, -0.2) is 0 Å². The zero-order chi connectivity index (χ0) is 20.3. The third kappa shape index (κ3) is 2.24. The van der Waals surface area contributed by atoms with Gasteiger partial charge in [0.15, 0.2) is 11.5 Å². The number of para-hydroxylation sites is 1. The predicted octanol–water partition coefficient (Wildman–Crippen LogP) is 3.39. The number of benzene rings is 2. The molecular weight excluding hydrogens is 380 g/mol. The van der Waals surface area contributed by atoms with Crippen molar-refractivity contribution in [2.45, 2.75) is 18.9 Å². The van der Waals surface area contributed by atoms with Crippen molar-refractivity contribution in [2.24, 2.45) is 0 Å². The molecule has 0 saturated heterocycles. The third-order valence-electron chi connectivity index (χ3n) is 6.24.